The molecule has 6 nitrogen and oxygen atoms in total. The van der Waals surface area contributed by atoms with Crippen LogP contribution in [0.2, 0.25) is 5.02 Å². The zero-order chi connectivity index (χ0) is 19.5. The summed E-state index contributed by atoms with van der Waals surface area (Å²) in [6, 6.07) is 8.45. The quantitative estimate of drug-likeness (QED) is 0.786. The Hall–Kier alpha value is -2.46. The molecular weight excluding hydrogens is 397 g/mol. The third-order valence-electron chi connectivity index (χ3n) is 2.86. The predicted molar refractivity (Wildman–Crippen MR) is 91.0 cm³/mol. The number of halogens is 4. The Kier molecular flexibility index (Phi) is 5.67. The minimum Gasteiger partial charge on any atom is -0.406 e. The summed E-state index contributed by atoms with van der Waals surface area (Å²) in [5.41, 5.74) is 0.314. The fourth-order valence-electron chi connectivity index (χ4n) is 1.92. The monoisotopic (exact) mass is 408 g/mol. The summed E-state index contributed by atoms with van der Waals surface area (Å²) in [5, 5.41) is 2.51. The predicted octanol–water partition coefficient (Wildman–Crippen LogP) is 3.86. The lowest BCUT2D eigenvalue weighted by atomic mass is 10.2. The van der Waals surface area contributed by atoms with Crippen LogP contribution < -0.4 is 14.8 Å². The Morgan fingerprint density at radius 3 is 2.19 bits per heavy atom. The van der Waals surface area contributed by atoms with Crippen LogP contribution in [0.1, 0.15) is 10.4 Å². The number of rotatable bonds is 5. The first-order valence-electron chi connectivity index (χ1n) is 6.87. The van der Waals surface area contributed by atoms with Crippen LogP contribution in [0, 0.1) is 0 Å². The number of sulfonamides is 1. The van der Waals surface area contributed by atoms with E-state index >= 15 is 0 Å². The van der Waals surface area contributed by atoms with Crippen molar-refractivity contribution in [3.05, 3.63) is 53.1 Å². The van der Waals surface area contributed by atoms with Gasteiger partial charge in [-0.25, -0.2) is 8.42 Å². The lowest BCUT2D eigenvalue weighted by molar-refractivity contribution is -0.274. The normalized spacial score (nSPS) is 11.7. The molecule has 0 radical (unpaired) electrons. The lowest BCUT2D eigenvalue weighted by Crippen LogP contribution is -2.17. The topological polar surface area (TPSA) is 84.5 Å². The molecule has 0 atom stereocenters. The number of hydrogen-bond acceptors (Lipinski definition) is 4. The number of ether oxygens (including phenoxy) is 1. The molecule has 140 valence electrons. The number of anilines is 2. The van der Waals surface area contributed by atoms with Crippen molar-refractivity contribution in [3.8, 4) is 5.75 Å². The first-order valence-corrected chi connectivity index (χ1v) is 9.14. The number of amides is 1. The molecule has 2 aromatic carbocycles. The summed E-state index contributed by atoms with van der Waals surface area (Å²) in [6.07, 6.45) is -3.86. The van der Waals surface area contributed by atoms with Crippen LogP contribution >= 0.6 is 11.6 Å². The molecular formula is C15H12ClF3N2O4S. The van der Waals surface area contributed by atoms with Gasteiger partial charge in [0, 0.05) is 11.4 Å². The van der Waals surface area contributed by atoms with E-state index in [0.29, 0.717) is 0 Å². The third-order valence-corrected chi connectivity index (χ3v) is 3.80. The van der Waals surface area contributed by atoms with Crippen LogP contribution in [0.15, 0.2) is 42.5 Å². The highest BCUT2D eigenvalue weighted by Crippen LogP contribution is 2.25. The minimum atomic E-state index is -4.81. The van der Waals surface area contributed by atoms with E-state index in [9.17, 15) is 26.4 Å². The van der Waals surface area contributed by atoms with E-state index in [2.05, 4.69) is 14.8 Å². The molecule has 0 aliphatic heterocycles. The lowest BCUT2D eigenvalue weighted by Gasteiger charge is -2.11. The second-order valence-electron chi connectivity index (χ2n) is 5.10. The highest BCUT2D eigenvalue weighted by Gasteiger charge is 2.31. The van der Waals surface area contributed by atoms with Crippen molar-refractivity contribution in [1.29, 1.82) is 0 Å². The fourth-order valence-corrected chi connectivity index (χ4v) is 2.67. The number of alkyl halides is 3. The van der Waals surface area contributed by atoms with E-state index in [1.54, 1.807) is 0 Å². The highest BCUT2D eigenvalue weighted by atomic mass is 35.5. The molecule has 0 bridgehead atoms. The number of carbonyl (C=O) groups excluding carboxylic acids is 1. The second-order valence-corrected chi connectivity index (χ2v) is 7.25. The van der Waals surface area contributed by atoms with Crippen molar-refractivity contribution in [2.75, 3.05) is 16.3 Å². The summed E-state index contributed by atoms with van der Waals surface area (Å²) in [7, 11) is -3.54. The van der Waals surface area contributed by atoms with E-state index in [0.717, 1.165) is 18.4 Å². The molecule has 0 aliphatic carbocycles. The van der Waals surface area contributed by atoms with Gasteiger partial charge < -0.3 is 10.1 Å². The van der Waals surface area contributed by atoms with E-state index in [4.69, 9.17) is 11.6 Å². The Morgan fingerprint density at radius 2 is 1.65 bits per heavy atom. The molecule has 2 N–H and O–H groups in total. The van der Waals surface area contributed by atoms with Gasteiger partial charge in [-0.1, -0.05) is 11.6 Å². The van der Waals surface area contributed by atoms with Gasteiger partial charge in [-0.05, 0) is 42.5 Å². The van der Waals surface area contributed by atoms with Crippen LogP contribution in [0.5, 0.6) is 5.75 Å². The maximum Gasteiger partial charge on any atom is 0.573 e. The zero-order valence-corrected chi connectivity index (χ0v) is 14.7. The van der Waals surface area contributed by atoms with Crippen molar-refractivity contribution in [3.63, 3.8) is 0 Å². The van der Waals surface area contributed by atoms with Gasteiger partial charge in [0.25, 0.3) is 5.91 Å². The van der Waals surface area contributed by atoms with Crippen LogP contribution in [0.25, 0.3) is 0 Å². The number of nitrogens with one attached hydrogen (secondary N) is 2. The second kappa shape index (κ2) is 7.42. The van der Waals surface area contributed by atoms with E-state index < -0.39 is 28.0 Å². The molecule has 0 fully saturated rings. The van der Waals surface area contributed by atoms with Crippen molar-refractivity contribution < 1.29 is 31.1 Å². The fraction of sp³-hybridized carbons (Fsp3) is 0.133. The maximum absolute atomic E-state index is 12.3. The van der Waals surface area contributed by atoms with Crippen LogP contribution in [0.4, 0.5) is 24.5 Å². The zero-order valence-electron chi connectivity index (χ0n) is 13.1. The van der Waals surface area contributed by atoms with Gasteiger partial charge in [0.1, 0.15) is 5.75 Å². The average Bonchev–Trinajstić information content (AvgIpc) is 2.48. The van der Waals surface area contributed by atoms with Gasteiger partial charge in [0.2, 0.25) is 10.0 Å². The highest BCUT2D eigenvalue weighted by molar-refractivity contribution is 7.92. The van der Waals surface area contributed by atoms with Gasteiger partial charge >= 0.3 is 6.36 Å². The van der Waals surface area contributed by atoms with E-state index in [1.165, 1.54) is 30.3 Å². The van der Waals surface area contributed by atoms with Gasteiger partial charge in [-0.3, -0.25) is 9.52 Å². The van der Waals surface area contributed by atoms with E-state index in [-0.39, 0.29) is 22.0 Å². The van der Waals surface area contributed by atoms with Crippen molar-refractivity contribution in [1.82, 2.24) is 0 Å². The molecule has 0 unspecified atom stereocenters. The molecule has 2 aromatic rings. The first-order chi connectivity index (χ1) is 11.9. The SMILES string of the molecule is CS(=O)(=O)Nc1ccc(Cl)c(C(=O)Nc2ccc(OC(F)(F)F)cc2)c1. The molecule has 2 rings (SSSR count). The summed E-state index contributed by atoms with van der Waals surface area (Å²) < 4.78 is 64.8. The van der Waals surface area contributed by atoms with Gasteiger partial charge in [0.15, 0.2) is 0 Å². The van der Waals surface area contributed by atoms with Gasteiger partial charge in [0.05, 0.1) is 16.8 Å². The Labute approximate surface area is 152 Å². The van der Waals surface area contributed by atoms with Crippen LogP contribution in [-0.4, -0.2) is 26.9 Å². The molecule has 0 aliphatic rings. The van der Waals surface area contributed by atoms with Gasteiger partial charge in [-0.2, -0.15) is 0 Å². The summed E-state index contributed by atoms with van der Waals surface area (Å²) in [4.78, 5) is 12.3. The molecule has 0 saturated heterocycles. The molecule has 26 heavy (non-hydrogen) atoms. The van der Waals surface area contributed by atoms with Gasteiger partial charge in [-0.15, -0.1) is 13.2 Å². The van der Waals surface area contributed by atoms with Crippen molar-refractivity contribution in [2.24, 2.45) is 0 Å². The van der Waals surface area contributed by atoms with Crippen LogP contribution in [0.3, 0.4) is 0 Å². The molecule has 0 spiro atoms. The number of carbonyl (C=O) groups is 1. The average molecular weight is 409 g/mol. The molecule has 0 aromatic heterocycles. The third kappa shape index (κ3) is 6.12. The molecule has 0 saturated carbocycles. The Balaban J connectivity index is 2.15. The van der Waals surface area contributed by atoms with Crippen molar-refractivity contribution in [2.45, 2.75) is 6.36 Å². The van der Waals surface area contributed by atoms with E-state index in [1.807, 2.05) is 0 Å². The summed E-state index contributed by atoms with van der Waals surface area (Å²) >= 11 is 5.94. The molecule has 1 amide bonds. The standard InChI is InChI=1S/C15H12ClF3N2O4S/c1-26(23,24)21-10-4-7-13(16)12(8-10)14(22)20-9-2-5-11(6-3-9)25-15(17,18)19/h2-8,21H,1H3,(H,20,22). The summed E-state index contributed by atoms with van der Waals surface area (Å²) in [5.74, 6) is -1.11. The first kappa shape index (κ1) is 19.9. The van der Waals surface area contributed by atoms with Crippen molar-refractivity contribution >= 4 is 38.9 Å². The maximum atomic E-state index is 12.3. The number of benzene rings is 2. The Bertz CT molecular complexity index is 915. The summed E-state index contributed by atoms with van der Waals surface area (Å²) in [6.45, 7) is 0. The minimum absolute atomic E-state index is 0.0177. The largest absolute Gasteiger partial charge is 0.573 e. The molecule has 0 heterocycles. The number of hydrogen-bond donors (Lipinski definition) is 2. The molecule has 11 heteroatoms. The Morgan fingerprint density at radius 1 is 1.08 bits per heavy atom. The van der Waals surface area contributed by atoms with Crippen LogP contribution in [-0.2, 0) is 10.0 Å². The smallest absolute Gasteiger partial charge is 0.406 e.